The van der Waals surface area contributed by atoms with E-state index in [9.17, 15) is 13.6 Å². The zero-order valence-corrected chi connectivity index (χ0v) is 8.17. The number of hydrogen-bond acceptors (Lipinski definition) is 3. The Morgan fingerprint density at radius 2 is 2.00 bits per heavy atom. The highest BCUT2D eigenvalue weighted by Crippen LogP contribution is 2.13. The lowest BCUT2D eigenvalue weighted by molar-refractivity contribution is -0.142. The third-order valence-electron chi connectivity index (χ3n) is 1.99. The summed E-state index contributed by atoms with van der Waals surface area (Å²) in [7, 11) is 1.17. The minimum Gasteiger partial charge on any atom is -0.468 e. The maximum atomic E-state index is 13.1. The van der Waals surface area contributed by atoms with E-state index in [1.54, 1.807) is 0 Å². The SMILES string of the molecule is COC(=O)[C@H](N)Cc1c(F)cccc1F. The van der Waals surface area contributed by atoms with Crippen molar-refractivity contribution in [2.75, 3.05) is 7.11 Å². The predicted octanol–water partition coefficient (Wildman–Crippen LogP) is 1.01. The van der Waals surface area contributed by atoms with Crippen LogP contribution in [0.15, 0.2) is 18.2 Å². The van der Waals surface area contributed by atoms with E-state index in [0.29, 0.717) is 0 Å². The van der Waals surface area contributed by atoms with Gasteiger partial charge in [0.2, 0.25) is 0 Å². The van der Waals surface area contributed by atoms with Crippen LogP contribution in [0.3, 0.4) is 0 Å². The molecule has 3 nitrogen and oxygen atoms in total. The van der Waals surface area contributed by atoms with Gasteiger partial charge in [0, 0.05) is 12.0 Å². The van der Waals surface area contributed by atoms with Gasteiger partial charge in [-0.1, -0.05) is 6.07 Å². The quantitative estimate of drug-likeness (QED) is 0.765. The van der Waals surface area contributed by atoms with Crippen LogP contribution >= 0.6 is 0 Å². The third kappa shape index (κ3) is 2.73. The summed E-state index contributed by atoms with van der Waals surface area (Å²) < 4.78 is 30.6. The Bertz CT molecular complexity index is 348. The smallest absolute Gasteiger partial charge is 0.322 e. The zero-order valence-electron chi connectivity index (χ0n) is 8.17. The highest BCUT2D eigenvalue weighted by atomic mass is 19.1. The molecule has 0 saturated carbocycles. The molecule has 15 heavy (non-hydrogen) atoms. The van der Waals surface area contributed by atoms with Crippen molar-refractivity contribution in [2.45, 2.75) is 12.5 Å². The minimum absolute atomic E-state index is 0.199. The molecular weight excluding hydrogens is 204 g/mol. The van der Waals surface area contributed by atoms with Crippen LogP contribution in [0.25, 0.3) is 0 Å². The van der Waals surface area contributed by atoms with Crippen molar-refractivity contribution in [1.82, 2.24) is 0 Å². The Kier molecular flexibility index (Phi) is 3.74. The molecule has 0 aliphatic carbocycles. The molecule has 0 heterocycles. The third-order valence-corrected chi connectivity index (χ3v) is 1.99. The zero-order chi connectivity index (χ0) is 11.4. The normalized spacial score (nSPS) is 12.3. The number of hydrogen-bond donors (Lipinski definition) is 1. The van der Waals surface area contributed by atoms with Crippen LogP contribution in [0.1, 0.15) is 5.56 Å². The predicted molar refractivity (Wildman–Crippen MR) is 50.1 cm³/mol. The fourth-order valence-corrected chi connectivity index (χ4v) is 1.18. The summed E-state index contributed by atoms with van der Waals surface area (Å²) in [4.78, 5) is 10.9. The number of methoxy groups -OCH3 is 1. The van der Waals surface area contributed by atoms with Gasteiger partial charge in [-0.2, -0.15) is 0 Å². The van der Waals surface area contributed by atoms with Crippen LogP contribution in [0, 0.1) is 11.6 Å². The summed E-state index contributed by atoms with van der Waals surface area (Å²) in [6.07, 6.45) is -0.217. The maximum Gasteiger partial charge on any atom is 0.322 e. The molecule has 0 fully saturated rings. The standard InChI is InChI=1S/C10H11F2NO2/c1-15-10(14)9(13)5-6-7(11)3-2-4-8(6)12/h2-4,9H,5,13H2,1H3/t9-/m1/s1. The molecule has 0 saturated heterocycles. The first kappa shape index (κ1) is 11.6. The van der Waals surface area contributed by atoms with Gasteiger partial charge in [-0.15, -0.1) is 0 Å². The molecule has 1 rings (SSSR count). The summed E-state index contributed by atoms with van der Waals surface area (Å²) in [5.41, 5.74) is 5.19. The van der Waals surface area contributed by atoms with Crippen molar-refractivity contribution < 1.29 is 18.3 Å². The number of nitrogens with two attached hydrogens (primary N) is 1. The molecule has 0 aromatic heterocycles. The number of esters is 1. The van der Waals surface area contributed by atoms with Crippen LogP contribution in [-0.4, -0.2) is 19.1 Å². The number of carbonyl (C=O) groups excluding carboxylic acids is 1. The first-order chi connectivity index (χ1) is 7.06. The van der Waals surface area contributed by atoms with Gasteiger partial charge in [-0.3, -0.25) is 4.79 Å². The minimum atomic E-state index is -1.05. The van der Waals surface area contributed by atoms with Crippen molar-refractivity contribution in [2.24, 2.45) is 5.73 Å². The number of benzene rings is 1. The van der Waals surface area contributed by atoms with E-state index in [1.807, 2.05) is 0 Å². The highest BCUT2D eigenvalue weighted by Gasteiger charge is 2.18. The molecule has 0 aliphatic rings. The van der Waals surface area contributed by atoms with Crippen molar-refractivity contribution in [3.05, 3.63) is 35.4 Å². The highest BCUT2D eigenvalue weighted by molar-refractivity contribution is 5.75. The van der Waals surface area contributed by atoms with E-state index < -0.39 is 23.6 Å². The maximum absolute atomic E-state index is 13.1. The van der Waals surface area contributed by atoms with E-state index >= 15 is 0 Å². The molecule has 0 aliphatic heterocycles. The molecule has 0 amide bonds. The summed E-state index contributed by atoms with van der Waals surface area (Å²) in [6, 6.07) is 2.42. The molecule has 0 radical (unpaired) electrons. The fraction of sp³-hybridized carbons (Fsp3) is 0.300. The summed E-state index contributed by atoms with van der Waals surface area (Å²) in [5.74, 6) is -2.12. The molecule has 0 spiro atoms. The second-order valence-electron chi connectivity index (χ2n) is 3.03. The van der Waals surface area contributed by atoms with E-state index in [0.717, 1.165) is 12.1 Å². The van der Waals surface area contributed by atoms with Crippen molar-refractivity contribution in [3.8, 4) is 0 Å². The Balaban J connectivity index is 2.85. The molecule has 82 valence electrons. The molecular formula is C10H11F2NO2. The Hall–Kier alpha value is -1.49. The van der Waals surface area contributed by atoms with Gasteiger partial charge in [-0.25, -0.2) is 8.78 Å². The van der Waals surface area contributed by atoms with Gasteiger partial charge >= 0.3 is 5.97 Å². The van der Waals surface area contributed by atoms with E-state index in [-0.39, 0.29) is 12.0 Å². The Morgan fingerprint density at radius 3 is 2.47 bits per heavy atom. The average molecular weight is 215 g/mol. The van der Waals surface area contributed by atoms with E-state index in [4.69, 9.17) is 5.73 Å². The summed E-state index contributed by atoms with van der Waals surface area (Å²) in [6.45, 7) is 0. The number of rotatable bonds is 3. The topological polar surface area (TPSA) is 52.3 Å². The number of ether oxygens (including phenoxy) is 1. The van der Waals surface area contributed by atoms with Gasteiger partial charge in [0.15, 0.2) is 0 Å². The second kappa shape index (κ2) is 4.84. The largest absolute Gasteiger partial charge is 0.468 e. The molecule has 5 heteroatoms. The second-order valence-corrected chi connectivity index (χ2v) is 3.03. The summed E-state index contributed by atoms with van der Waals surface area (Å²) in [5, 5.41) is 0. The molecule has 2 N–H and O–H groups in total. The van der Waals surface area contributed by atoms with Crippen LogP contribution in [-0.2, 0) is 16.0 Å². The molecule has 0 bridgehead atoms. The molecule has 1 atom stereocenters. The van der Waals surface area contributed by atoms with Gasteiger partial charge in [0.05, 0.1) is 7.11 Å². The Labute approximate surface area is 85.8 Å². The molecule has 0 unspecified atom stereocenters. The van der Waals surface area contributed by atoms with Crippen LogP contribution in [0.5, 0.6) is 0 Å². The summed E-state index contributed by atoms with van der Waals surface area (Å²) >= 11 is 0. The first-order valence-corrected chi connectivity index (χ1v) is 4.32. The lowest BCUT2D eigenvalue weighted by Gasteiger charge is -2.10. The lowest BCUT2D eigenvalue weighted by Crippen LogP contribution is -2.34. The number of halogens is 2. The van der Waals surface area contributed by atoms with Crippen molar-refractivity contribution >= 4 is 5.97 Å². The van der Waals surface area contributed by atoms with Crippen LogP contribution < -0.4 is 5.73 Å². The molecule has 1 aromatic carbocycles. The van der Waals surface area contributed by atoms with E-state index in [1.165, 1.54) is 13.2 Å². The molecule has 1 aromatic rings. The monoisotopic (exact) mass is 215 g/mol. The first-order valence-electron chi connectivity index (χ1n) is 4.32. The van der Waals surface area contributed by atoms with Crippen molar-refractivity contribution in [1.29, 1.82) is 0 Å². The van der Waals surface area contributed by atoms with Gasteiger partial charge in [0.1, 0.15) is 17.7 Å². The lowest BCUT2D eigenvalue weighted by atomic mass is 10.1. The Morgan fingerprint density at radius 1 is 1.47 bits per heavy atom. The fourth-order valence-electron chi connectivity index (χ4n) is 1.18. The van der Waals surface area contributed by atoms with Crippen LogP contribution in [0.2, 0.25) is 0 Å². The number of carbonyl (C=O) groups is 1. The van der Waals surface area contributed by atoms with Crippen molar-refractivity contribution in [3.63, 3.8) is 0 Å². The van der Waals surface area contributed by atoms with Gasteiger partial charge in [0.25, 0.3) is 0 Å². The van der Waals surface area contributed by atoms with Gasteiger partial charge in [-0.05, 0) is 12.1 Å². The van der Waals surface area contributed by atoms with Gasteiger partial charge < -0.3 is 10.5 Å². The average Bonchev–Trinajstić information content (AvgIpc) is 2.22. The van der Waals surface area contributed by atoms with Crippen LogP contribution in [0.4, 0.5) is 8.78 Å². The van der Waals surface area contributed by atoms with E-state index in [2.05, 4.69) is 4.74 Å².